The number of carbonyl (C=O) groups is 1. The summed E-state index contributed by atoms with van der Waals surface area (Å²) in [6, 6.07) is 23.6. The standard InChI is InChI=1S/C25H22N4O2/c30-25(28-21-10-4-8-19-9-5-12-27-24(19)21)22-16-20(11-13-26-22)29-14-15-31-23(17-29)18-6-2-1-3-7-18/h1-13,16,23H,14-15,17H2,(H,28,30). The lowest BCUT2D eigenvalue weighted by Gasteiger charge is -2.34. The zero-order valence-corrected chi connectivity index (χ0v) is 16.9. The van der Waals surface area contributed by atoms with Gasteiger partial charge in [0.1, 0.15) is 11.8 Å². The van der Waals surface area contributed by atoms with Crippen molar-refractivity contribution in [1.29, 1.82) is 0 Å². The number of morpholine rings is 1. The van der Waals surface area contributed by atoms with E-state index in [0.29, 0.717) is 18.0 Å². The fourth-order valence-corrected chi connectivity index (χ4v) is 3.88. The van der Waals surface area contributed by atoms with Crippen molar-refractivity contribution in [2.75, 3.05) is 29.9 Å². The van der Waals surface area contributed by atoms with E-state index in [9.17, 15) is 4.79 Å². The molecule has 2 aromatic heterocycles. The van der Waals surface area contributed by atoms with Crippen molar-refractivity contribution in [2.45, 2.75) is 6.10 Å². The fraction of sp³-hybridized carbons (Fsp3) is 0.160. The molecule has 0 aliphatic carbocycles. The van der Waals surface area contributed by atoms with Crippen molar-refractivity contribution in [1.82, 2.24) is 9.97 Å². The van der Waals surface area contributed by atoms with Crippen molar-refractivity contribution in [3.05, 3.63) is 96.4 Å². The summed E-state index contributed by atoms with van der Waals surface area (Å²) >= 11 is 0. The Balaban J connectivity index is 1.35. The number of pyridine rings is 2. The summed E-state index contributed by atoms with van der Waals surface area (Å²) in [7, 11) is 0. The summed E-state index contributed by atoms with van der Waals surface area (Å²) in [5.74, 6) is -0.257. The maximum Gasteiger partial charge on any atom is 0.274 e. The summed E-state index contributed by atoms with van der Waals surface area (Å²) in [5.41, 5.74) is 3.91. The third-order valence-corrected chi connectivity index (χ3v) is 5.46. The van der Waals surface area contributed by atoms with Crippen molar-refractivity contribution >= 4 is 28.2 Å². The summed E-state index contributed by atoms with van der Waals surface area (Å²) in [5, 5.41) is 3.93. The normalized spacial score (nSPS) is 16.3. The molecule has 154 valence electrons. The van der Waals surface area contributed by atoms with E-state index in [4.69, 9.17) is 4.74 Å². The van der Waals surface area contributed by atoms with Gasteiger partial charge in [-0.3, -0.25) is 14.8 Å². The van der Waals surface area contributed by atoms with E-state index >= 15 is 0 Å². The molecule has 5 rings (SSSR count). The van der Waals surface area contributed by atoms with Gasteiger partial charge < -0.3 is 15.0 Å². The molecule has 6 nitrogen and oxygen atoms in total. The maximum absolute atomic E-state index is 12.9. The zero-order chi connectivity index (χ0) is 21.0. The van der Waals surface area contributed by atoms with E-state index in [1.165, 1.54) is 0 Å². The number of benzene rings is 2. The van der Waals surface area contributed by atoms with Crippen LogP contribution in [0.2, 0.25) is 0 Å². The average molecular weight is 410 g/mol. The Kier molecular flexibility index (Phi) is 5.29. The number of fused-ring (bicyclic) bond motifs is 1. The molecule has 0 bridgehead atoms. The number of hydrogen-bond acceptors (Lipinski definition) is 5. The van der Waals surface area contributed by atoms with Crippen LogP contribution in [0.3, 0.4) is 0 Å². The highest BCUT2D eigenvalue weighted by atomic mass is 16.5. The third-order valence-electron chi connectivity index (χ3n) is 5.46. The molecule has 0 radical (unpaired) electrons. The van der Waals surface area contributed by atoms with Crippen LogP contribution in [-0.4, -0.2) is 35.6 Å². The van der Waals surface area contributed by atoms with Gasteiger partial charge in [-0.25, -0.2) is 0 Å². The first kappa shape index (κ1) is 19.2. The van der Waals surface area contributed by atoms with Gasteiger partial charge in [0.15, 0.2) is 0 Å². The smallest absolute Gasteiger partial charge is 0.274 e. The van der Waals surface area contributed by atoms with Gasteiger partial charge in [0, 0.05) is 36.6 Å². The minimum atomic E-state index is -0.257. The molecule has 1 aliphatic rings. The summed E-state index contributed by atoms with van der Waals surface area (Å²) in [6.07, 6.45) is 3.40. The highest BCUT2D eigenvalue weighted by molar-refractivity contribution is 6.07. The Labute approximate surface area is 180 Å². The van der Waals surface area contributed by atoms with Crippen LogP contribution in [0.4, 0.5) is 11.4 Å². The van der Waals surface area contributed by atoms with Crippen LogP contribution >= 0.6 is 0 Å². The SMILES string of the molecule is O=C(Nc1cccc2cccnc12)c1cc(N2CCOC(c3ccccc3)C2)ccn1. The zero-order valence-electron chi connectivity index (χ0n) is 16.9. The van der Waals surface area contributed by atoms with Crippen LogP contribution in [-0.2, 0) is 4.74 Å². The molecule has 1 amide bonds. The van der Waals surface area contributed by atoms with Crippen molar-refractivity contribution < 1.29 is 9.53 Å². The number of amides is 1. The number of ether oxygens (including phenoxy) is 1. The number of nitrogens with zero attached hydrogens (tertiary/aromatic N) is 3. The molecule has 1 aliphatic heterocycles. The highest BCUT2D eigenvalue weighted by Gasteiger charge is 2.23. The molecule has 1 saturated heterocycles. The Morgan fingerprint density at radius 1 is 0.968 bits per heavy atom. The molecule has 0 saturated carbocycles. The predicted octanol–water partition coefficient (Wildman–Crippen LogP) is 4.46. The number of rotatable bonds is 4. The number of para-hydroxylation sites is 1. The van der Waals surface area contributed by atoms with Crippen LogP contribution in [0.5, 0.6) is 0 Å². The monoisotopic (exact) mass is 410 g/mol. The van der Waals surface area contributed by atoms with Crippen molar-refractivity contribution in [3.8, 4) is 0 Å². The number of hydrogen-bond donors (Lipinski definition) is 1. The topological polar surface area (TPSA) is 67.4 Å². The minimum Gasteiger partial charge on any atom is -0.370 e. The van der Waals surface area contributed by atoms with E-state index in [1.807, 2.05) is 60.7 Å². The van der Waals surface area contributed by atoms with Crippen LogP contribution < -0.4 is 10.2 Å². The Morgan fingerprint density at radius 2 is 1.84 bits per heavy atom. The molecule has 6 heteroatoms. The highest BCUT2D eigenvalue weighted by Crippen LogP contribution is 2.27. The molecule has 31 heavy (non-hydrogen) atoms. The summed E-state index contributed by atoms with van der Waals surface area (Å²) in [4.78, 5) is 23.9. The maximum atomic E-state index is 12.9. The van der Waals surface area contributed by atoms with E-state index in [1.54, 1.807) is 12.4 Å². The molecule has 0 spiro atoms. The summed E-state index contributed by atoms with van der Waals surface area (Å²) < 4.78 is 5.97. The summed E-state index contributed by atoms with van der Waals surface area (Å²) in [6.45, 7) is 2.12. The van der Waals surface area contributed by atoms with Gasteiger partial charge in [0.05, 0.1) is 17.8 Å². The first-order chi connectivity index (χ1) is 15.3. The average Bonchev–Trinajstić information content (AvgIpc) is 2.85. The Bertz CT molecular complexity index is 1210. The third kappa shape index (κ3) is 4.11. The lowest BCUT2D eigenvalue weighted by molar-refractivity contribution is 0.0398. The second kappa shape index (κ2) is 8.53. The van der Waals surface area contributed by atoms with Crippen LogP contribution in [0.25, 0.3) is 10.9 Å². The molecule has 1 unspecified atom stereocenters. The minimum absolute atomic E-state index is 0.00199. The van der Waals surface area contributed by atoms with Gasteiger partial charge in [-0.1, -0.05) is 48.5 Å². The second-order valence-electron chi connectivity index (χ2n) is 7.45. The molecule has 2 aromatic carbocycles. The number of carbonyl (C=O) groups excluding carboxylic acids is 1. The van der Waals surface area contributed by atoms with Gasteiger partial charge in [-0.2, -0.15) is 0 Å². The van der Waals surface area contributed by atoms with Crippen molar-refractivity contribution in [2.24, 2.45) is 0 Å². The number of aromatic nitrogens is 2. The van der Waals surface area contributed by atoms with E-state index in [0.717, 1.165) is 35.2 Å². The molecular weight excluding hydrogens is 388 g/mol. The quantitative estimate of drug-likeness (QED) is 0.538. The van der Waals surface area contributed by atoms with Crippen LogP contribution in [0.1, 0.15) is 22.2 Å². The molecule has 4 aromatic rings. The largest absolute Gasteiger partial charge is 0.370 e. The van der Waals surface area contributed by atoms with Gasteiger partial charge in [0.2, 0.25) is 0 Å². The molecule has 3 heterocycles. The van der Waals surface area contributed by atoms with Gasteiger partial charge in [-0.05, 0) is 29.8 Å². The van der Waals surface area contributed by atoms with Gasteiger partial charge in [0.25, 0.3) is 5.91 Å². The van der Waals surface area contributed by atoms with E-state index < -0.39 is 0 Å². The van der Waals surface area contributed by atoms with E-state index in [2.05, 4.69) is 32.3 Å². The van der Waals surface area contributed by atoms with E-state index in [-0.39, 0.29) is 12.0 Å². The Morgan fingerprint density at radius 3 is 2.74 bits per heavy atom. The molecular formula is C25H22N4O2. The number of anilines is 2. The van der Waals surface area contributed by atoms with Crippen molar-refractivity contribution in [3.63, 3.8) is 0 Å². The first-order valence-corrected chi connectivity index (χ1v) is 10.3. The molecule has 1 atom stereocenters. The molecule has 1 fully saturated rings. The molecule has 1 N–H and O–H groups in total. The fourth-order valence-electron chi connectivity index (χ4n) is 3.88. The lowest BCUT2D eigenvalue weighted by atomic mass is 10.1. The van der Waals surface area contributed by atoms with Crippen LogP contribution in [0.15, 0.2) is 85.2 Å². The lowest BCUT2D eigenvalue weighted by Crippen LogP contribution is -2.38. The van der Waals surface area contributed by atoms with Gasteiger partial charge >= 0.3 is 0 Å². The number of nitrogens with one attached hydrogen (secondary N) is 1. The van der Waals surface area contributed by atoms with Crippen LogP contribution in [0, 0.1) is 0 Å². The van der Waals surface area contributed by atoms with Gasteiger partial charge in [-0.15, -0.1) is 0 Å². The Hall–Kier alpha value is -3.77. The first-order valence-electron chi connectivity index (χ1n) is 10.3. The second-order valence-corrected chi connectivity index (χ2v) is 7.45. The predicted molar refractivity (Wildman–Crippen MR) is 121 cm³/mol.